The van der Waals surface area contributed by atoms with Gasteiger partial charge in [-0.2, -0.15) is 0 Å². The quantitative estimate of drug-likeness (QED) is 0.813. The number of aryl methyl sites for hydroxylation is 1. The Hall–Kier alpha value is -1.35. The van der Waals surface area contributed by atoms with Crippen molar-refractivity contribution in [3.63, 3.8) is 0 Å². The Bertz CT molecular complexity index is 521. The molecule has 1 N–H and O–H groups in total. The third kappa shape index (κ3) is 1.95. The number of nitrogens with one attached hydrogen (secondary N) is 1. The summed E-state index contributed by atoms with van der Waals surface area (Å²) in [4.78, 5) is 10.6. The molecule has 3 heteroatoms. The van der Waals surface area contributed by atoms with E-state index in [1.165, 1.54) is 25.9 Å². The summed E-state index contributed by atoms with van der Waals surface area (Å²) in [6.07, 6.45) is 2.41. The highest BCUT2D eigenvalue weighted by Crippen LogP contribution is 2.27. The first kappa shape index (κ1) is 10.8. The molecule has 0 saturated carbocycles. The van der Waals surface area contributed by atoms with Crippen LogP contribution in [0.1, 0.15) is 30.1 Å². The van der Waals surface area contributed by atoms with Crippen molar-refractivity contribution >= 4 is 11.0 Å². The van der Waals surface area contributed by atoms with Crippen LogP contribution >= 0.6 is 0 Å². The minimum absolute atomic E-state index is 0.595. The highest BCUT2D eigenvalue weighted by Gasteiger charge is 2.21. The van der Waals surface area contributed by atoms with E-state index in [1.807, 2.05) is 6.07 Å². The van der Waals surface area contributed by atoms with E-state index in [1.54, 1.807) is 0 Å². The van der Waals surface area contributed by atoms with E-state index in [0.29, 0.717) is 5.92 Å². The Balaban J connectivity index is 1.93. The summed E-state index contributed by atoms with van der Waals surface area (Å²) in [7, 11) is 2.19. The summed E-state index contributed by atoms with van der Waals surface area (Å²) in [5.41, 5.74) is 3.37. The second-order valence-electron chi connectivity index (χ2n) is 5.06. The highest BCUT2D eigenvalue weighted by atomic mass is 15.1. The van der Waals surface area contributed by atoms with E-state index >= 15 is 0 Å². The maximum Gasteiger partial charge on any atom is 0.110 e. The lowest BCUT2D eigenvalue weighted by molar-refractivity contribution is 0.252. The molecule has 1 aliphatic heterocycles. The van der Waals surface area contributed by atoms with Crippen LogP contribution in [0.5, 0.6) is 0 Å². The number of benzene rings is 1. The minimum Gasteiger partial charge on any atom is -0.342 e. The molecule has 2 heterocycles. The van der Waals surface area contributed by atoms with Gasteiger partial charge in [-0.15, -0.1) is 0 Å². The molecule has 17 heavy (non-hydrogen) atoms. The number of fused-ring (bicyclic) bond motifs is 1. The number of likely N-dealkylation sites (tertiary alicyclic amines) is 1. The Kier molecular flexibility index (Phi) is 2.63. The van der Waals surface area contributed by atoms with E-state index in [-0.39, 0.29) is 0 Å². The normalized spacial score (nSPS) is 18.9. The molecule has 0 aliphatic carbocycles. The van der Waals surface area contributed by atoms with Crippen molar-refractivity contribution in [3.8, 4) is 0 Å². The predicted octanol–water partition coefficient (Wildman–Crippen LogP) is 2.48. The Morgan fingerprint density at radius 3 is 2.88 bits per heavy atom. The van der Waals surface area contributed by atoms with Crippen molar-refractivity contribution in [2.75, 3.05) is 20.1 Å². The van der Waals surface area contributed by atoms with Gasteiger partial charge < -0.3 is 9.88 Å². The number of aromatic amines is 1. The van der Waals surface area contributed by atoms with Crippen LogP contribution in [-0.2, 0) is 0 Å². The highest BCUT2D eigenvalue weighted by molar-refractivity contribution is 5.78. The lowest BCUT2D eigenvalue weighted by Crippen LogP contribution is -2.29. The van der Waals surface area contributed by atoms with E-state index in [0.717, 1.165) is 22.4 Å². The Morgan fingerprint density at radius 1 is 1.41 bits per heavy atom. The Labute approximate surface area is 102 Å². The summed E-state index contributed by atoms with van der Waals surface area (Å²) >= 11 is 0. The molecule has 89 valence electrons. The van der Waals surface area contributed by atoms with Gasteiger partial charge in [-0.25, -0.2) is 4.98 Å². The first-order valence-corrected chi connectivity index (χ1v) is 6.29. The van der Waals surface area contributed by atoms with Crippen LogP contribution in [0.3, 0.4) is 0 Å². The second kappa shape index (κ2) is 4.15. The summed E-state index contributed by atoms with van der Waals surface area (Å²) in [6.45, 7) is 4.42. The Morgan fingerprint density at radius 2 is 2.18 bits per heavy atom. The van der Waals surface area contributed by atoms with Gasteiger partial charge in [-0.1, -0.05) is 6.07 Å². The molecule has 0 spiro atoms. The zero-order valence-corrected chi connectivity index (χ0v) is 10.5. The number of piperidine rings is 1. The molecule has 1 aromatic heterocycles. The molecule has 0 atom stereocenters. The standard InChI is InChI=1S/C14H18N3/c1-10-4-3-5-12-13(10)16-14(15-12)11-6-8-17(2)9-7-11/h3,5,11H,6-9H2,1-2H3,(H,15,16). The molecule has 0 unspecified atom stereocenters. The van der Waals surface area contributed by atoms with E-state index in [4.69, 9.17) is 4.98 Å². The van der Waals surface area contributed by atoms with Gasteiger partial charge in [-0.3, -0.25) is 0 Å². The van der Waals surface area contributed by atoms with Crippen molar-refractivity contribution in [2.45, 2.75) is 25.7 Å². The topological polar surface area (TPSA) is 31.9 Å². The molecule has 1 fully saturated rings. The summed E-state index contributed by atoms with van der Waals surface area (Å²) in [5, 5.41) is 0. The number of imidazole rings is 1. The molecular weight excluding hydrogens is 210 g/mol. The SMILES string of the molecule is Cc1[c]ccc2[nH]c(C3CCN(C)CC3)nc12. The molecule has 1 aromatic carbocycles. The fourth-order valence-electron chi connectivity index (χ4n) is 2.61. The van der Waals surface area contributed by atoms with Crippen LogP contribution in [0.15, 0.2) is 12.1 Å². The van der Waals surface area contributed by atoms with Crippen LogP contribution < -0.4 is 0 Å². The summed E-state index contributed by atoms with van der Waals surface area (Å²) in [6, 6.07) is 7.24. The van der Waals surface area contributed by atoms with Crippen molar-refractivity contribution in [1.29, 1.82) is 0 Å². The number of hydrogen-bond donors (Lipinski definition) is 1. The maximum atomic E-state index is 4.76. The number of H-pyrrole nitrogens is 1. The molecule has 2 aromatic rings. The van der Waals surface area contributed by atoms with Gasteiger partial charge in [0.25, 0.3) is 0 Å². The lowest BCUT2D eigenvalue weighted by Gasteiger charge is -2.27. The molecule has 3 nitrogen and oxygen atoms in total. The van der Waals surface area contributed by atoms with Gasteiger partial charge in [0.1, 0.15) is 5.82 Å². The molecule has 0 bridgehead atoms. The van der Waals surface area contributed by atoms with Crippen molar-refractivity contribution in [1.82, 2.24) is 14.9 Å². The van der Waals surface area contributed by atoms with Gasteiger partial charge in [0, 0.05) is 5.92 Å². The summed E-state index contributed by atoms with van der Waals surface area (Å²) < 4.78 is 0. The average Bonchev–Trinajstić information content (AvgIpc) is 2.75. The zero-order valence-electron chi connectivity index (χ0n) is 10.5. The molecule has 1 aliphatic rings. The van der Waals surface area contributed by atoms with Gasteiger partial charge in [0.05, 0.1) is 11.0 Å². The number of hydrogen-bond acceptors (Lipinski definition) is 2. The smallest absolute Gasteiger partial charge is 0.110 e. The van der Waals surface area contributed by atoms with Crippen LogP contribution in [0.2, 0.25) is 0 Å². The zero-order chi connectivity index (χ0) is 11.8. The number of rotatable bonds is 1. The molecular formula is C14H18N3. The molecule has 1 radical (unpaired) electrons. The molecule has 3 rings (SSSR count). The van der Waals surface area contributed by atoms with Gasteiger partial charge >= 0.3 is 0 Å². The average molecular weight is 228 g/mol. The van der Waals surface area contributed by atoms with E-state index in [9.17, 15) is 0 Å². The largest absolute Gasteiger partial charge is 0.342 e. The minimum atomic E-state index is 0.595. The first-order valence-electron chi connectivity index (χ1n) is 6.29. The maximum absolute atomic E-state index is 4.76. The van der Waals surface area contributed by atoms with Crippen molar-refractivity contribution in [3.05, 3.63) is 29.6 Å². The van der Waals surface area contributed by atoms with Crippen molar-refractivity contribution < 1.29 is 0 Å². The van der Waals surface area contributed by atoms with Gasteiger partial charge in [0.15, 0.2) is 0 Å². The predicted molar refractivity (Wildman–Crippen MR) is 69.1 cm³/mol. The van der Waals surface area contributed by atoms with Crippen LogP contribution in [0.25, 0.3) is 11.0 Å². The molecule has 0 amide bonds. The molecule has 1 saturated heterocycles. The monoisotopic (exact) mass is 228 g/mol. The second-order valence-corrected chi connectivity index (χ2v) is 5.06. The van der Waals surface area contributed by atoms with Gasteiger partial charge in [-0.05, 0) is 57.6 Å². The number of aromatic nitrogens is 2. The third-order valence-corrected chi connectivity index (χ3v) is 3.76. The van der Waals surface area contributed by atoms with Crippen LogP contribution in [0, 0.1) is 13.0 Å². The summed E-state index contributed by atoms with van der Waals surface area (Å²) in [5.74, 6) is 1.76. The van der Waals surface area contributed by atoms with Crippen LogP contribution in [0.4, 0.5) is 0 Å². The van der Waals surface area contributed by atoms with Crippen LogP contribution in [-0.4, -0.2) is 35.0 Å². The van der Waals surface area contributed by atoms with E-state index in [2.05, 4.69) is 36.0 Å². The van der Waals surface area contributed by atoms with Gasteiger partial charge in [0.2, 0.25) is 0 Å². The fraction of sp³-hybridized carbons (Fsp3) is 0.500. The number of nitrogens with zero attached hydrogens (tertiary/aromatic N) is 2. The van der Waals surface area contributed by atoms with E-state index < -0.39 is 0 Å². The fourth-order valence-corrected chi connectivity index (χ4v) is 2.61. The lowest BCUT2D eigenvalue weighted by atomic mass is 9.97. The third-order valence-electron chi connectivity index (χ3n) is 3.76. The van der Waals surface area contributed by atoms with Crippen molar-refractivity contribution in [2.24, 2.45) is 0 Å². The first-order chi connectivity index (χ1) is 8.24.